The molecule has 0 radical (unpaired) electrons. The highest BCUT2D eigenvalue weighted by Gasteiger charge is 2.35. The molecule has 1 aromatic rings. The summed E-state index contributed by atoms with van der Waals surface area (Å²) < 4.78 is 10.5. The molecule has 0 unspecified atom stereocenters. The number of carbonyl (C=O) groups excluding carboxylic acids is 1. The zero-order chi connectivity index (χ0) is 15.4. The third kappa shape index (κ3) is 3.71. The lowest BCUT2D eigenvalue weighted by Gasteiger charge is -2.20. The standard InChI is InChI=1S/C15H23N3O3/c1-10(2)18-8-12(13(9-18)20-3)17-15(19)11-5-6-14(21-4)16-7-11/h5-7,10,12-13H,8-9H2,1-4H3,(H,17,19)/t12-,13-/m1/s1. The average molecular weight is 293 g/mol. The Morgan fingerprint density at radius 1 is 1.38 bits per heavy atom. The monoisotopic (exact) mass is 293 g/mol. The van der Waals surface area contributed by atoms with Gasteiger partial charge in [0.2, 0.25) is 5.88 Å². The molecule has 6 heteroatoms. The fraction of sp³-hybridized carbons (Fsp3) is 0.600. The van der Waals surface area contributed by atoms with Crippen molar-refractivity contribution in [2.24, 2.45) is 0 Å². The van der Waals surface area contributed by atoms with Crippen LogP contribution in [-0.2, 0) is 4.74 Å². The van der Waals surface area contributed by atoms with Crippen LogP contribution in [-0.4, -0.2) is 61.3 Å². The quantitative estimate of drug-likeness (QED) is 0.875. The molecular weight excluding hydrogens is 270 g/mol. The third-order valence-electron chi connectivity index (χ3n) is 3.85. The van der Waals surface area contributed by atoms with Gasteiger partial charge in [0.1, 0.15) is 0 Å². The minimum absolute atomic E-state index is 0.00741. The Hall–Kier alpha value is -1.66. The fourth-order valence-electron chi connectivity index (χ4n) is 2.49. The minimum Gasteiger partial charge on any atom is -0.481 e. The molecule has 2 rings (SSSR count). The zero-order valence-corrected chi connectivity index (χ0v) is 13.0. The van der Waals surface area contributed by atoms with Crippen LogP contribution < -0.4 is 10.1 Å². The zero-order valence-electron chi connectivity index (χ0n) is 13.0. The molecule has 0 aromatic carbocycles. The highest BCUT2D eigenvalue weighted by Crippen LogP contribution is 2.16. The Morgan fingerprint density at radius 3 is 2.67 bits per heavy atom. The maximum atomic E-state index is 12.3. The van der Waals surface area contributed by atoms with Crippen LogP contribution in [0.4, 0.5) is 0 Å². The summed E-state index contributed by atoms with van der Waals surface area (Å²) in [6.45, 7) is 5.92. The first-order valence-electron chi connectivity index (χ1n) is 7.13. The van der Waals surface area contributed by atoms with E-state index < -0.39 is 0 Å². The molecule has 1 aliphatic rings. The smallest absolute Gasteiger partial charge is 0.253 e. The van der Waals surface area contributed by atoms with Crippen molar-refractivity contribution in [2.75, 3.05) is 27.3 Å². The van der Waals surface area contributed by atoms with Crippen LogP contribution in [0.2, 0.25) is 0 Å². The van der Waals surface area contributed by atoms with Gasteiger partial charge in [-0.05, 0) is 19.9 Å². The molecule has 1 aliphatic heterocycles. The molecule has 116 valence electrons. The van der Waals surface area contributed by atoms with E-state index in [4.69, 9.17) is 9.47 Å². The van der Waals surface area contributed by atoms with Crippen LogP contribution in [0, 0.1) is 0 Å². The van der Waals surface area contributed by atoms with E-state index in [1.807, 2.05) is 0 Å². The summed E-state index contributed by atoms with van der Waals surface area (Å²) in [7, 11) is 3.23. The van der Waals surface area contributed by atoms with E-state index in [2.05, 4.69) is 29.0 Å². The number of hydrogen-bond donors (Lipinski definition) is 1. The molecule has 2 heterocycles. The molecule has 1 aromatic heterocycles. The van der Waals surface area contributed by atoms with Gasteiger partial charge in [-0.2, -0.15) is 0 Å². The molecule has 0 bridgehead atoms. The number of nitrogens with zero attached hydrogens (tertiary/aromatic N) is 2. The Bertz CT molecular complexity index is 476. The topological polar surface area (TPSA) is 63.7 Å². The summed E-state index contributed by atoms with van der Waals surface area (Å²) in [6.07, 6.45) is 1.54. The summed E-state index contributed by atoms with van der Waals surface area (Å²) in [4.78, 5) is 18.6. The van der Waals surface area contributed by atoms with E-state index in [0.29, 0.717) is 17.5 Å². The molecular formula is C15H23N3O3. The van der Waals surface area contributed by atoms with Crippen molar-refractivity contribution in [1.29, 1.82) is 0 Å². The van der Waals surface area contributed by atoms with Gasteiger partial charge in [-0.1, -0.05) is 0 Å². The van der Waals surface area contributed by atoms with Crippen molar-refractivity contribution in [1.82, 2.24) is 15.2 Å². The number of methoxy groups -OCH3 is 2. The van der Waals surface area contributed by atoms with Gasteiger partial charge in [0.05, 0.1) is 24.8 Å². The van der Waals surface area contributed by atoms with E-state index in [-0.39, 0.29) is 18.1 Å². The summed E-state index contributed by atoms with van der Waals surface area (Å²) in [6, 6.07) is 3.81. The van der Waals surface area contributed by atoms with Crippen LogP contribution >= 0.6 is 0 Å². The lowest BCUT2D eigenvalue weighted by Crippen LogP contribution is -2.43. The van der Waals surface area contributed by atoms with Gasteiger partial charge in [-0.25, -0.2) is 4.98 Å². The molecule has 1 amide bonds. The Morgan fingerprint density at radius 2 is 2.14 bits per heavy atom. The van der Waals surface area contributed by atoms with Crippen LogP contribution in [0.5, 0.6) is 5.88 Å². The number of carbonyl (C=O) groups is 1. The van der Waals surface area contributed by atoms with Crippen LogP contribution in [0.15, 0.2) is 18.3 Å². The second-order valence-corrected chi connectivity index (χ2v) is 5.49. The maximum absolute atomic E-state index is 12.3. The second-order valence-electron chi connectivity index (χ2n) is 5.49. The van der Waals surface area contributed by atoms with E-state index >= 15 is 0 Å². The molecule has 1 N–H and O–H groups in total. The Labute approximate surface area is 125 Å². The largest absolute Gasteiger partial charge is 0.481 e. The first kappa shape index (κ1) is 15.7. The predicted molar refractivity (Wildman–Crippen MR) is 79.5 cm³/mol. The number of ether oxygens (including phenoxy) is 2. The molecule has 2 atom stereocenters. The van der Waals surface area contributed by atoms with Crippen LogP contribution in [0.1, 0.15) is 24.2 Å². The average Bonchev–Trinajstić information content (AvgIpc) is 2.90. The number of nitrogens with one attached hydrogen (secondary N) is 1. The normalized spacial score (nSPS) is 22.5. The number of hydrogen-bond acceptors (Lipinski definition) is 5. The lowest BCUT2D eigenvalue weighted by atomic mass is 10.2. The number of amides is 1. The molecule has 0 spiro atoms. The fourth-order valence-corrected chi connectivity index (χ4v) is 2.49. The van der Waals surface area contributed by atoms with Crippen molar-refractivity contribution in [3.05, 3.63) is 23.9 Å². The van der Waals surface area contributed by atoms with Gasteiger partial charge < -0.3 is 14.8 Å². The summed E-state index contributed by atoms with van der Waals surface area (Å²) in [5.41, 5.74) is 0.522. The highest BCUT2D eigenvalue weighted by atomic mass is 16.5. The summed E-state index contributed by atoms with van der Waals surface area (Å²) >= 11 is 0. The number of aromatic nitrogens is 1. The summed E-state index contributed by atoms with van der Waals surface area (Å²) in [5.74, 6) is 0.357. The van der Waals surface area contributed by atoms with Gasteiger partial charge in [0.25, 0.3) is 5.91 Å². The number of rotatable bonds is 5. The first-order valence-corrected chi connectivity index (χ1v) is 7.13. The van der Waals surface area contributed by atoms with E-state index in [0.717, 1.165) is 13.1 Å². The van der Waals surface area contributed by atoms with Crippen molar-refractivity contribution in [3.8, 4) is 5.88 Å². The number of pyridine rings is 1. The van der Waals surface area contributed by atoms with Gasteiger partial charge >= 0.3 is 0 Å². The lowest BCUT2D eigenvalue weighted by molar-refractivity contribution is 0.0753. The van der Waals surface area contributed by atoms with Crippen molar-refractivity contribution >= 4 is 5.91 Å². The Kier molecular flexibility index (Phi) is 5.14. The molecule has 0 saturated carbocycles. The van der Waals surface area contributed by atoms with Gasteiger partial charge in [-0.3, -0.25) is 9.69 Å². The van der Waals surface area contributed by atoms with E-state index in [9.17, 15) is 4.79 Å². The molecule has 6 nitrogen and oxygen atoms in total. The molecule has 0 aliphatic carbocycles. The predicted octanol–water partition coefficient (Wildman–Crippen LogP) is 0.928. The Balaban J connectivity index is 2.00. The summed E-state index contributed by atoms with van der Waals surface area (Å²) in [5, 5.41) is 3.03. The third-order valence-corrected chi connectivity index (χ3v) is 3.85. The number of likely N-dealkylation sites (tertiary alicyclic amines) is 1. The van der Waals surface area contributed by atoms with Crippen LogP contribution in [0.3, 0.4) is 0 Å². The van der Waals surface area contributed by atoms with Gasteiger partial charge in [-0.15, -0.1) is 0 Å². The maximum Gasteiger partial charge on any atom is 0.253 e. The van der Waals surface area contributed by atoms with E-state index in [1.165, 1.54) is 6.20 Å². The SMILES string of the molecule is COc1ccc(C(=O)N[C@@H]2CN(C(C)C)C[C@H]2OC)cn1. The van der Waals surface area contributed by atoms with E-state index in [1.54, 1.807) is 26.4 Å². The van der Waals surface area contributed by atoms with Gasteiger partial charge in [0.15, 0.2) is 0 Å². The molecule has 1 saturated heterocycles. The van der Waals surface area contributed by atoms with Crippen molar-refractivity contribution in [2.45, 2.75) is 32.0 Å². The van der Waals surface area contributed by atoms with Gasteiger partial charge in [0, 0.05) is 38.5 Å². The molecule has 1 fully saturated rings. The second kappa shape index (κ2) is 6.87. The van der Waals surface area contributed by atoms with Crippen molar-refractivity contribution < 1.29 is 14.3 Å². The van der Waals surface area contributed by atoms with Crippen molar-refractivity contribution in [3.63, 3.8) is 0 Å². The minimum atomic E-state index is -0.136. The highest BCUT2D eigenvalue weighted by molar-refractivity contribution is 5.94. The molecule has 21 heavy (non-hydrogen) atoms. The van der Waals surface area contributed by atoms with Crippen LogP contribution in [0.25, 0.3) is 0 Å². The first-order chi connectivity index (χ1) is 10.0.